The Morgan fingerprint density at radius 3 is 2.54 bits per heavy atom. The molecule has 0 aliphatic carbocycles. The number of Topliss-reactive ketones (excluding diaryl/α,β-unsaturated/α-hetero) is 1. The first-order valence-electron chi connectivity index (χ1n) is 13.3. The van der Waals surface area contributed by atoms with Crippen molar-refractivity contribution < 1.29 is 33.4 Å². The lowest BCUT2D eigenvalue weighted by molar-refractivity contribution is -0.137. The largest absolute Gasteiger partial charge is 0.457 e. The molecule has 1 N–H and O–H groups in total. The first-order chi connectivity index (χ1) is 18.9. The van der Waals surface area contributed by atoms with Gasteiger partial charge in [0.2, 0.25) is 11.9 Å². The van der Waals surface area contributed by atoms with E-state index in [4.69, 9.17) is 19.0 Å². The SMILES string of the molecule is CO[C@@H](C(=O)c1cc(-c2cccc(C)c2)c(CCCCCCO)o1)C(=O)N1C(=O)OC[C@@H]1Cc1ccccc1. The number of furan rings is 1. The third kappa shape index (κ3) is 6.82. The van der Waals surface area contributed by atoms with Crippen molar-refractivity contribution in [2.75, 3.05) is 20.3 Å². The summed E-state index contributed by atoms with van der Waals surface area (Å²) >= 11 is 0. The number of carbonyl (C=O) groups excluding carboxylic acids is 3. The van der Waals surface area contributed by atoms with Crippen molar-refractivity contribution in [3.8, 4) is 11.1 Å². The first kappa shape index (κ1) is 28.3. The van der Waals surface area contributed by atoms with Crippen LogP contribution in [0.5, 0.6) is 0 Å². The van der Waals surface area contributed by atoms with Crippen LogP contribution in [0.25, 0.3) is 11.1 Å². The van der Waals surface area contributed by atoms with Crippen molar-refractivity contribution >= 4 is 17.8 Å². The highest BCUT2D eigenvalue weighted by atomic mass is 16.6. The van der Waals surface area contributed by atoms with Crippen LogP contribution in [0.15, 0.2) is 65.1 Å². The summed E-state index contributed by atoms with van der Waals surface area (Å²) in [5.41, 5.74) is 3.71. The highest BCUT2D eigenvalue weighted by molar-refractivity contribution is 6.14. The number of cyclic esters (lactones) is 1. The Kier molecular flexibility index (Phi) is 9.68. The molecule has 8 heteroatoms. The zero-order chi connectivity index (χ0) is 27.8. The molecule has 0 saturated carbocycles. The van der Waals surface area contributed by atoms with Crippen LogP contribution in [0.3, 0.4) is 0 Å². The van der Waals surface area contributed by atoms with E-state index < -0.39 is 29.9 Å². The predicted octanol–water partition coefficient (Wildman–Crippen LogP) is 5.14. The van der Waals surface area contributed by atoms with Crippen LogP contribution in [0.4, 0.5) is 4.79 Å². The maximum Gasteiger partial charge on any atom is 0.417 e. The topological polar surface area (TPSA) is 106 Å². The maximum absolute atomic E-state index is 13.6. The van der Waals surface area contributed by atoms with Crippen molar-refractivity contribution in [3.63, 3.8) is 0 Å². The van der Waals surface area contributed by atoms with Gasteiger partial charge in [0.05, 0.1) is 6.04 Å². The van der Waals surface area contributed by atoms with E-state index in [9.17, 15) is 14.4 Å². The third-order valence-electron chi connectivity index (χ3n) is 6.90. The Balaban J connectivity index is 1.57. The molecule has 2 atom stereocenters. The number of benzene rings is 2. The van der Waals surface area contributed by atoms with E-state index in [0.717, 1.165) is 52.8 Å². The number of rotatable bonds is 13. The molecule has 4 rings (SSSR count). The van der Waals surface area contributed by atoms with Crippen LogP contribution in [0.2, 0.25) is 0 Å². The fourth-order valence-electron chi connectivity index (χ4n) is 4.89. The molecule has 8 nitrogen and oxygen atoms in total. The summed E-state index contributed by atoms with van der Waals surface area (Å²) in [4.78, 5) is 40.6. The third-order valence-corrected chi connectivity index (χ3v) is 6.90. The number of hydrogen-bond acceptors (Lipinski definition) is 7. The maximum atomic E-state index is 13.6. The van der Waals surface area contributed by atoms with Gasteiger partial charge in [-0.05, 0) is 43.4 Å². The number of unbranched alkanes of at least 4 members (excludes halogenated alkanes) is 3. The monoisotopic (exact) mass is 533 g/mol. The van der Waals surface area contributed by atoms with Crippen molar-refractivity contribution in [1.82, 2.24) is 4.90 Å². The van der Waals surface area contributed by atoms with E-state index in [1.54, 1.807) is 6.07 Å². The van der Waals surface area contributed by atoms with Crippen molar-refractivity contribution in [3.05, 3.63) is 83.3 Å². The number of aryl methyl sites for hydroxylation is 2. The van der Waals surface area contributed by atoms with Crippen molar-refractivity contribution in [2.45, 2.75) is 57.6 Å². The first-order valence-corrected chi connectivity index (χ1v) is 13.3. The minimum absolute atomic E-state index is 0.00392. The molecule has 0 bridgehead atoms. The Hall–Kier alpha value is -3.75. The lowest BCUT2D eigenvalue weighted by Gasteiger charge is -2.23. The number of amides is 2. The van der Waals surface area contributed by atoms with E-state index in [2.05, 4.69) is 0 Å². The number of nitrogens with zero attached hydrogens (tertiary/aromatic N) is 1. The van der Waals surface area contributed by atoms with Gasteiger partial charge in [0.25, 0.3) is 5.91 Å². The van der Waals surface area contributed by atoms with Crippen LogP contribution >= 0.6 is 0 Å². The summed E-state index contributed by atoms with van der Waals surface area (Å²) < 4.78 is 16.6. The van der Waals surface area contributed by atoms with Crippen LogP contribution in [-0.2, 0) is 27.1 Å². The second kappa shape index (κ2) is 13.4. The Labute approximate surface area is 228 Å². The summed E-state index contributed by atoms with van der Waals surface area (Å²) in [6, 6.07) is 18.5. The summed E-state index contributed by atoms with van der Waals surface area (Å²) in [5, 5.41) is 9.04. The van der Waals surface area contributed by atoms with E-state index in [1.807, 2.05) is 61.5 Å². The van der Waals surface area contributed by atoms with E-state index in [1.165, 1.54) is 7.11 Å². The Bertz CT molecular complexity index is 1280. The quantitative estimate of drug-likeness (QED) is 0.184. The number of imide groups is 1. The van der Waals surface area contributed by atoms with Gasteiger partial charge in [-0.1, -0.05) is 73.0 Å². The summed E-state index contributed by atoms with van der Waals surface area (Å²) in [6.07, 6.45) is 2.05. The minimum atomic E-state index is -1.55. The highest BCUT2D eigenvalue weighted by Gasteiger charge is 2.44. The molecular formula is C31H35NO7. The van der Waals surface area contributed by atoms with Crippen LogP contribution < -0.4 is 0 Å². The highest BCUT2D eigenvalue weighted by Crippen LogP contribution is 2.31. The van der Waals surface area contributed by atoms with Gasteiger partial charge in [0.15, 0.2) is 5.76 Å². The molecule has 2 amide bonds. The van der Waals surface area contributed by atoms with Gasteiger partial charge in [0, 0.05) is 25.7 Å². The standard InChI is InChI=1S/C31H35NO7/c1-21-11-10-14-23(17-21)25-19-27(39-26(25)15-8-3-4-9-16-33)28(34)29(37-2)30(35)32-24(20-38-31(32)36)18-22-12-6-5-7-13-22/h5-7,10-14,17,19,24,29,33H,3-4,8-9,15-16,18,20H2,1-2H3/t24-,29-/m0/s1. The molecule has 3 aromatic rings. The second-order valence-electron chi connectivity index (χ2n) is 9.81. The van der Waals surface area contributed by atoms with Crippen LogP contribution in [0.1, 0.15) is 53.1 Å². The van der Waals surface area contributed by atoms with Gasteiger partial charge in [-0.2, -0.15) is 0 Å². The fraction of sp³-hybridized carbons (Fsp3) is 0.387. The smallest absolute Gasteiger partial charge is 0.417 e. The molecule has 1 saturated heterocycles. The summed E-state index contributed by atoms with van der Waals surface area (Å²) in [5.74, 6) is -0.770. The van der Waals surface area contributed by atoms with Crippen molar-refractivity contribution in [2.24, 2.45) is 0 Å². The lowest BCUT2D eigenvalue weighted by atomic mass is 10.00. The van der Waals surface area contributed by atoms with Crippen molar-refractivity contribution in [1.29, 1.82) is 0 Å². The molecule has 0 unspecified atom stereocenters. The van der Waals surface area contributed by atoms with E-state index in [-0.39, 0.29) is 19.0 Å². The zero-order valence-corrected chi connectivity index (χ0v) is 22.4. The van der Waals surface area contributed by atoms with Gasteiger partial charge in [-0.25, -0.2) is 9.69 Å². The number of methoxy groups -OCH3 is 1. The van der Waals surface area contributed by atoms with Crippen LogP contribution in [0, 0.1) is 6.92 Å². The number of aliphatic hydroxyl groups excluding tert-OH is 1. The van der Waals surface area contributed by atoms with E-state index in [0.29, 0.717) is 18.6 Å². The predicted molar refractivity (Wildman–Crippen MR) is 145 cm³/mol. The van der Waals surface area contributed by atoms with Gasteiger partial charge in [-0.15, -0.1) is 0 Å². The minimum Gasteiger partial charge on any atom is -0.457 e. The fourth-order valence-corrected chi connectivity index (χ4v) is 4.89. The zero-order valence-electron chi connectivity index (χ0n) is 22.4. The molecule has 39 heavy (non-hydrogen) atoms. The molecule has 1 aliphatic rings. The average molecular weight is 534 g/mol. The lowest BCUT2D eigenvalue weighted by Crippen LogP contribution is -2.48. The normalized spacial score (nSPS) is 15.8. The molecule has 2 heterocycles. The van der Waals surface area contributed by atoms with Gasteiger partial charge < -0.3 is 19.0 Å². The van der Waals surface area contributed by atoms with Gasteiger partial charge >= 0.3 is 6.09 Å². The molecule has 0 spiro atoms. The molecule has 206 valence electrons. The number of aliphatic hydroxyl groups is 1. The van der Waals surface area contributed by atoms with Gasteiger partial charge in [-0.3, -0.25) is 9.59 Å². The summed E-state index contributed by atoms with van der Waals surface area (Å²) in [6.45, 7) is 2.20. The number of carbonyl (C=O) groups is 3. The molecule has 0 radical (unpaired) electrons. The molecule has 1 aromatic heterocycles. The number of ketones is 1. The molecule has 1 aliphatic heterocycles. The number of ether oxygens (including phenoxy) is 2. The molecule has 1 fully saturated rings. The summed E-state index contributed by atoms with van der Waals surface area (Å²) in [7, 11) is 1.26. The second-order valence-corrected chi connectivity index (χ2v) is 9.81. The molecular weight excluding hydrogens is 498 g/mol. The number of hydrogen-bond donors (Lipinski definition) is 1. The Morgan fingerprint density at radius 1 is 1.05 bits per heavy atom. The van der Waals surface area contributed by atoms with Gasteiger partial charge in [0.1, 0.15) is 12.4 Å². The molecule has 2 aromatic carbocycles. The Morgan fingerprint density at radius 2 is 1.82 bits per heavy atom. The average Bonchev–Trinajstić information content (AvgIpc) is 3.53. The van der Waals surface area contributed by atoms with Crippen LogP contribution in [-0.4, -0.2) is 60.3 Å². The van der Waals surface area contributed by atoms with E-state index >= 15 is 0 Å².